The van der Waals surface area contributed by atoms with Gasteiger partial charge in [0.1, 0.15) is 5.82 Å². The number of rotatable bonds is 5. The van der Waals surface area contributed by atoms with Crippen LogP contribution in [0.4, 0.5) is 11.5 Å². The number of amides is 1. The van der Waals surface area contributed by atoms with Gasteiger partial charge in [-0.3, -0.25) is 9.48 Å². The van der Waals surface area contributed by atoms with Crippen LogP contribution in [-0.4, -0.2) is 46.3 Å². The van der Waals surface area contributed by atoms with Gasteiger partial charge in [-0.2, -0.15) is 5.10 Å². The maximum absolute atomic E-state index is 12.3. The van der Waals surface area contributed by atoms with Crippen LogP contribution >= 0.6 is 0 Å². The predicted octanol–water partition coefficient (Wildman–Crippen LogP) is 2.16. The zero-order valence-electron chi connectivity index (χ0n) is 16.3. The van der Waals surface area contributed by atoms with E-state index < -0.39 is 0 Å². The van der Waals surface area contributed by atoms with Crippen LogP contribution in [-0.2, 0) is 29.0 Å². The number of ether oxygens (including phenoxy) is 1. The normalized spacial score (nSPS) is 16.4. The number of carbonyl (C=O) groups excluding carboxylic acids is 2. The molecule has 4 rings (SSSR count). The van der Waals surface area contributed by atoms with Gasteiger partial charge in [-0.15, -0.1) is 0 Å². The average Bonchev–Trinajstić information content (AvgIpc) is 3.31. The number of hydrogen-bond donors (Lipinski definition) is 0. The molecule has 0 aliphatic carbocycles. The monoisotopic (exact) mass is 383 g/mol. The van der Waals surface area contributed by atoms with Crippen molar-refractivity contribution in [3.63, 3.8) is 0 Å². The lowest BCUT2D eigenvalue weighted by Crippen LogP contribution is -2.32. The third kappa shape index (κ3) is 3.23. The molecule has 2 aromatic rings. The molecule has 1 saturated heterocycles. The largest absolute Gasteiger partial charge is 0.461 e. The van der Waals surface area contributed by atoms with E-state index in [1.807, 2.05) is 23.7 Å². The van der Waals surface area contributed by atoms with Crippen molar-refractivity contribution >= 4 is 23.4 Å². The summed E-state index contributed by atoms with van der Waals surface area (Å²) in [5.41, 5.74) is 3.27. The molecule has 4 heterocycles. The smallest absolute Gasteiger partial charge is 0.359 e. The van der Waals surface area contributed by atoms with E-state index in [2.05, 4.69) is 15.0 Å². The molecule has 0 aromatic carbocycles. The highest BCUT2D eigenvalue weighted by atomic mass is 16.5. The van der Waals surface area contributed by atoms with E-state index in [1.54, 1.807) is 18.0 Å². The van der Waals surface area contributed by atoms with Crippen LogP contribution in [0.2, 0.25) is 0 Å². The van der Waals surface area contributed by atoms with Crippen molar-refractivity contribution in [3.05, 3.63) is 35.3 Å². The lowest BCUT2D eigenvalue weighted by atomic mass is 10.0. The Morgan fingerprint density at radius 2 is 2.07 bits per heavy atom. The van der Waals surface area contributed by atoms with Gasteiger partial charge >= 0.3 is 5.97 Å². The van der Waals surface area contributed by atoms with E-state index in [1.165, 1.54) is 0 Å². The van der Waals surface area contributed by atoms with Crippen LogP contribution in [0.1, 0.15) is 48.4 Å². The standard InChI is InChI=1S/C20H25N5O3/c1-3-25-16-9-11-23(13-15(16)19(22-25)20(27)28-4-2)17-8-7-14(12-21-17)24-10-5-6-18(24)26/h7-8,12H,3-6,9-11,13H2,1-2H3. The number of aromatic nitrogens is 3. The Bertz CT molecular complexity index is 890. The molecule has 0 spiro atoms. The molecule has 148 valence electrons. The maximum atomic E-state index is 12.3. The van der Waals surface area contributed by atoms with Gasteiger partial charge in [-0.1, -0.05) is 0 Å². The number of carbonyl (C=O) groups is 2. The number of anilines is 2. The summed E-state index contributed by atoms with van der Waals surface area (Å²) in [6.07, 6.45) is 4.06. The third-order valence-corrected chi connectivity index (χ3v) is 5.34. The predicted molar refractivity (Wildman–Crippen MR) is 104 cm³/mol. The van der Waals surface area contributed by atoms with E-state index in [0.717, 1.165) is 55.2 Å². The van der Waals surface area contributed by atoms with Crippen LogP contribution in [0.15, 0.2) is 18.3 Å². The molecule has 2 aliphatic heterocycles. The summed E-state index contributed by atoms with van der Waals surface area (Å²) in [4.78, 5) is 32.8. The first-order valence-electron chi connectivity index (χ1n) is 9.89. The van der Waals surface area contributed by atoms with Crippen LogP contribution in [0.5, 0.6) is 0 Å². The first kappa shape index (κ1) is 18.5. The number of fused-ring (bicyclic) bond motifs is 1. The molecule has 0 N–H and O–H groups in total. The molecule has 8 heteroatoms. The van der Waals surface area contributed by atoms with Gasteiger partial charge in [-0.05, 0) is 32.4 Å². The molecule has 28 heavy (non-hydrogen) atoms. The van der Waals surface area contributed by atoms with Crippen molar-refractivity contribution in [1.82, 2.24) is 14.8 Å². The minimum absolute atomic E-state index is 0.156. The van der Waals surface area contributed by atoms with Crippen LogP contribution in [0.3, 0.4) is 0 Å². The molecule has 8 nitrogen and oxygen atoms in total. The van der Waals surface area contributed by atoms with Crippen LogP contribution < -0.4 is 9.80 Å². The molecular formula is C20H25N5O3. The van der Waals surface area contributed by atoms with Gasteiger partial charge in [0.25, 0.3) is 0 Å². The van der Waals surface area contributed by atoms with Gasteiger partial charge in [-0.25, -0.2) is 9.78 Å². The maximum Gasteiger partial charge on any atom is 0.359 e. The van der Waals surface area contributed by atoms with E-state index >= 15 is 0 Å². The summed E-state index contributed by atoms with van der Waals surface area (Å²) >= 11 is 0. The molecule has 0 bridgehead atoms. The Kier molecular flexibility index (Phi) is 5.02. The Morgan fingerprint density at radius 1 is 1.21 bits per heavy atom. The van der Waals surface area contributed by atoms with Crippen molar-refractivity contribution in [3.8, 4) is 0 Å². The number of aryl methyl sites for hydroxylation is 1. The first-order valence-corrected chi connectivity index (χ1v) is 9.89. The topological polar surface area (TPSA) is 80.6 Å². The fourth-order valence-corrected chi connectivity index (χ4v) is 3.96. The molecule has 1 amide bonds. The molecule has 0 saturated carbocycles. The highest BCUT2D eigenvalue weighted by Gasteiger charge is 2.29. The number of hydrogen-bond acceptors (Lipinski definition) is 6. The highest BCUT2D eigenvalue weighted by Crippen LogP contribution is 2.28. The Labute approximate surface area is 164 Å². The first-order chi connectivity index (χ1) is 13.6. The van der Waals surface area contributed by atoms with Gasteiger partial charge in [0.2, 0.25) is 5.91 Å². The van der Waals surface area contributed by atoms with E-state index in [9.17, 15) is 9.59 Å². The van der Waals surface area contributed by atoms with Crippen LogP contribution in [0, 0.1) is 0 Å². The SMILES string of the molecule is CCOC(=O)c1nn(CC)c2c1CN(c1ccc(N3CCCC3=O)cn1)CC2. The van der Waals surface area contributed by atoms with Crippen LogP contribution in [0.25, 0.3) is 0 Å². The quantitative estimate of drug-likeness (QED) is 0.736. The number of esters is 1. The van der Waals surface area contributed by atoms with Crippen molar-refractivity contribution in [2.45, 2.75) is 46.2 Å². The Hall–Kier alpha value is -2.90. The molecular weight excluding hydrogens is 358 g/mol. The summed E-state index contributed by atoms with van der Waals surface area (Å²) in [6, 6.07) is 3.89. The highest BCUT2D eigenvalue weighted by molar-refractivity contribution is 5.95. The van der Waals surface area contributed by atoms with E-state index in [-0.39, 0.29) is 11.9 Å². The second-order valence-electron chi connectivity index (χ2n) is 7.01. The van der Waals surface area contributed by atoms with Crippen molar-refractivity contribution in [2.75, 3.05) is 29.5 Å². The fourth-order valence-electron chi connectivity index (χ4n) is 3.96. The zero-order chi connectivity index (χ0) is 19.7. The van der Waals surface area contributed by atoms with Crippen molar-refractivity contribution in [2.24, 2.45) is 0 Å². The summed E-state index contributed by atoms with van der Waals surface area (Å²) < 4.78 is 7.09. The Balaban J connectivity index is 1.57. The number of nitrogens with zero attached hydrogens (tertiary/aromatic N) is 5. The third-order valence-electron chi connectivity index (χ3n) is 5.34. The Morgan fingerprint density at radius 3 is 2.71 bits per heavy atom. The molecule has 0 unspecified atom stereocenters. The van der Waals surface area contributed by atoms with Gasteiger partial charge < -0.3 is 14.5 Å². The lowest BCUT2D eigenvalue weighted by Gasteiger charge is -2.29. The van der Waals surface area contributed by atoms with Gasteiger partial charge in [0, 0.05) is 50.3 Å². The fraction of sp³-hybridized carbons (Fsp3) is 0.500. The summed E-state index contributed by atoms with van der Waals surface area (Å²) in [7, 11) is 0. The molecule has 0 radical (unpaired) electrons. The second kappa shape index (κ2) is 7.61. The molecule has 2 aromatic heterocycles. The van der Waals surface area contributed by atoms with Crippen molar-refractivity contribution < 1.29 is 14.3 Å². The molecule has 1 fully saturated rings. The molecule has 0 atom stereocenters. The second-order valence-corrected chi connectivity index (χ2v) is 7.01. The molecule has 2 aliphatic rings. The van der Waals surface area contributed by atoms with Gasteiger partial charge in [0.15, 0.2) is 5.69 Å². The average molecular weight is 383 g/mol. The minimum Gasteiger partial charge on any atom is -0.461 e. The summed E-state index contributed by atoms with van der Waals surface area (Å²) in [5.74, 6) is 0.618. The van der Waals surface area contributed by atoms with Gasteiger partial charge in [0.05, 0.1) is 18.5 Å². The number of pyridine rings is 1. The minimum atomic E-state index is -0.372. The van der Waals surface area contributed by atoms with Crippen molar-refractivity contribution in [1.29, 1.82) is 0 Å². The van der Waals surface area contributed by atoms with E-state index in [4.69, 9.17) is 4.74 Å². The lowest BCUT2D eigenvalue weighted by molar-refractivity contribution is -0.117. The summed E-state index contributed by atoms with van der Waals surface area (Å²) in [5, 5.41) is 4.48. The summed E-state index contributed by atoms with van der Waals surface area (Å²) in [6.45, 7) is 6.99. The van der Waals surface area contributed by atoms with E-state index in [0.29, 0.717) is 25.3 Å². The zero-order valence-corrected chi connectivity index (χ0v) is 16.3.